The Morgan fingerprint density at radius 1 is 1.21 bits per heavy atom. The molecule has 2 fully saturated rings. The molecule has 0 spiro atoms. The molecule has 3 aliphatic heterocycles. The van der Waals surface area contributed by atoms with Gasteiger partial charge in [-0.1, -0.05) is 5.21 Å². The Morgan fingerprint density at radius 3 is 2.81 bits per heavy atom. The first-order valence-electron chi connectivity index (χ1n) is 14.5. The number of fused-ring (bicyclic) bond motifs is 4. The number of nitrogens with zero attached hydrogens (tertiary/aromatic N) is 6. The third-order valence-corrected chi connectivity index (χ3v) is 9.29. The van der Waals surface area contributed by atoms with Crippen LogP contribution in [0.2, 0.25) is 0 Å². The lowest BCUT2D eigenvalue weighted by Crippen LogP contribution is -2.51. The molecular formula is C27H38N8O6S. The number of hydrogen-bond acceptors (Lipinski definition) is 10. The molecule has 2 saturated heterocycles. The van der Waals surface area contributed by atoms with Crippen LogP contribution in [0.15, 0.2) is 6.20 Å². The van der Waals surface area contributed by atoms with Gasteiger partial charge in [0.2, 0.25) is 17.7 Å². The second kappa shape index (κ2) is 13.7. The van der Waals surface area contributed by atoms with Crippen LogP contribution >= 0.6 is 11.3 Å². The van der Waals surface area contributed by atoms with Crippen molar-refractivity contribution in [1.82, 2.24) is 40.4 Å². The molecular weight excluding hydrogens is 564 g/mol. The third kappa shape index (κ3) is 7.31. The van der Waals surface area contributed by atoms with E-state index in [1.807, 2.05) is 6.92 Å². The molecule has 0 saturated carbocycles. The molecule has 14 nitrogen and oxygen atoms in total. The van der Waals surface area contributed by atoms with Gasteiger partial charge in [0.05, 0.1) is 42.8 Å². The fourth-order valence-corrected chi connectivity index (χ4v) is 6.83. The number of morpholine rings is 1. The summed E-state index contributed by atoms with van der Waals surface area (Å²) in [5.74, 6) is -1.11. The molecule has 42 heavy (non-hydrogen) atoms. The minimum Gasteiger partial charge on any atom is -0.394 e. The van der Waals surface area contributed by atoms with Crippen LogP contribution in [-0.4, -0.2) is 117 Å². The quantitative estimate of drug-likeness (QED) is 0.381. The number of thiazole rings is 1. The van der Waals surface area contributed by atoms with Crippen molar-refractivity contribution in [2.75, 3.05) is 52.5 Å². The van der Waals surface area contributed by atoms with E-state index < -0.39 is 6.04 Å². The topological polar surface area (TPSA) is 172 Å². The zero-order chi connectivity index (χ0) is 29.6. The van der Waals surface area contributed by atoms with E-state index in [4.69, 9.17) is 4.74 Å². The zero-order valence-electron chi connectivity index (χ0n) is 23.8. The first-order chi connectivity index (χ1) is 20.3. The van der Waals surface area contributed by atoms with Crippen molar-refractivity contribution in [2.45, 2.75) is 51.6 Å². The summed E-state index contributed by atoms with van der Waals surface area (Å²) in [7, 11) is 0. The molecule has 0 aromatic carbocycles. The predicted octanol–water partition coefficient (Wildman–Crippen LogP) is -0.848. The van der Waals surface area contributed by atoms with E-state index in [9.17, 15) is 24.3 Å². The van der Waals surface area contributed by atoms with Crippen molar-refractivity contribution in [3.8, 4) is 0 Å². The van der Waals surface area contributed by atoms with E-state index in [0.717, 1.165) is 5.01 Å². The summed E-state index contributed by atoms with van der Waals surface area (Å²) in [5.41, 5.74) is 1.16. The second-order valence-electron chi connectivity index (χ2n) is 11.0. The number of aliphatic hydroxyl groups excluding tert-OH is 1. The molecule has 228 valence electrons. The molecule has 15 heteroatoms. The molecule has 2 aromatic rings. The molecule has 0 radical (unpaired) electrons. The molecule has 2 aromatic heterocycles. The lowest BCUT2D eigenvalue weighted by atomic mass is 9.80. The van der Waals surface area contributed by atoms with Crippen LogP contribution in [0.5, 0.6) is 0 Å². The van der Waals surface area contributed by atoms with E-state index in [0.29, 0.717) is 81.5 Å². The van der Waals surface area contributed by atoms with Crippen molar-refractivity contribution < 1.29 is 29.0 Å². The summed E-state index contributed by atoms with van der Waals surface area (Å²) < 4.78 is 6.86. The van der Waals surface area contributed by atoms with Crippen LogP contribution in [0.1, 0.15) is 45.3 Å². The number of ether oxygens (including phenoxy) is 1. The first kappa shape index (κ1) is 30.0. The zero-order valence-corrected chi connectivity index (χ0v) is 24.6. The molecule has 5 rings (SSSR count). The average molecular weight is 603 g/mol. The highest BCUT2D eigenvalue weighted by molar-refractivity contribution is 7.13. The van der Waals surface area contributed by atoms with Crippen LogP contribution < -0.4 is 10.6 Å². The van der Waals surface area contributed by atoms with Gasteiger partial charge >= 0.3 is 0 Å². The molecule has 0 unspecified atom stereocenters. The average Bonchev–Trinajstić information content (AvgIpc) is 3.58. The first-order valence-corrected chi connectivity index (χ1v) is 15.3. The van der Waals surface area contributed by atoms with Gasteiger partial charge in [0.25, 0.3) is 5.91 Å². The molecule has 0 aliphatic carbocycles. The maximum atomic E-state index is 13.6. The molecule has 4 bridgehead atoms. The Hall–Kier alpha value is -3.43. The number of carbonyl (C=O) groups is 4. The van der Waals surface area contributed by atoms with Crippen molar-refractivity contribution in [1.29, 1.82) is 0 Å². The number of aromatic nitrogens is 4. The Balaban J connectivity index is 1.37. The maximum absolute atomic E-state index is 13.6. The Kier molecular flexibility index (Phi) is 9.80. The van der Waals surface area contributed by atoms with Crippen molar-refractivity contribution in [2.24, 2.45) is 11.8 Å². The largest absolute Gasteiger partial charge is 0.394 e. The molecule has 4 amide bonds. The van der Waals surface area contributed by atoms with Gasteiger partial charge in [0.15, 0.2) is 0 Å². The SMILES string of the molecule is Cc1nc2sc1C(=O)N1CC[C@@H](CC(=O)N3CCOCC3)[C@@H](CC(=O)N[C@H](Cc3cn(CCO)nn3)C(=O)NCC2)C1. The molecule has 3 N–H and O–H groups in total. The van der Waals surface area contributed by atoms with Gasteiger partial charge in [-0.05, 0) is 25.2 Å². The van der Waals surface area contributed by atoms with Crippen LogP contribution in [0.25, 0.3) is 0 Å². The van der Waals surface area contributed by atoms with E-state index in [1.54, 1.807) is 16.0 Å². The van der Waals surface area contributed by atoms with E-state index in [-0.39, 0.29) is 61.5 Å². The van der Waals surface area contributed by atoms with E-state index in [2.05, 4.69) is 25.9 Å². The van der Waals surface area contributed by atoms with E-state index >= 15 is 0 Å². The third-order valence-electron chi connectivity index (χ3n) is 8.08. The number of carbonyl (C=O) groups excluding carboxylic acids is 4. The molecule has 5 heterocycles. The fraction of sp³-hybridized carbons (Fsp3) is 0.667. The van der Waals surface area contributed by atoms with Gasteiger partial charge in [-0.15, -0.1) is 16.4 Å². The van der Waals surface area contributed by atoms with Gasteiger partial charge in [0, 0.05) is 64.6 Å². The normalized spacial score (nSPS) is 24.0. The lowest BCUT2D eigenvalue weighted by Gasteiger charge is -2.39. The van der Waals surface area contributed by atoms with Crippen LogP contribution in [0.3, 0.4) is 0 Å². The highest BCUT2D eigenvalue weighted by atomic mass is 32.1. The standard InChI is InChI=1S/C27H38N8O6S/c1-17-25-27(40)34-5-3-18(13-24(38)33-7-10-41-11-8-33)19(15-34)12-22(37)30-21(14-20-16-35(6-9-36)32-31-20)26(39)28-4-2-23(29-17)42-25/h16,18-19,21,36H,2-15H2,1H3,(H,28,39)(H,30,37)/t18-,19-,21+/m0/s1. The maximum Gasteiger partial charge on any atom is 0.265 e. The van der Waals surface area contributed by atoms with Crippen LogP contribution in [0, 0.1) is 18.8 Å². The summed E-state index contributed by atoms with van der Waals surface area (Å²) in [6, 6.07) is -0.898. The highest BCUT2D eigenvalue weighted by Gasteiger charge is 2.37. The monoisotopic (exact) mass is 602 g/mol. The Morgan fingerprint density at radius 2 is 2.02 bits per heavy atom. The minimum atomic E-state index is -0.898. The van der Waals surface area contributed by atoms with Gasteiger partial charge in [0.1, 0.15) is 10.9 Å². The van der Waals surface area contributed by atoms with Crippen LogP contribution in [0.4, 0.5) is 0 Å². The number of rotatable bonds is 6. The van der Waals surface area contributed by atoms with Crippen molar-refractivity contribution in [3.05, 3.63) is 27.5 Å². The van der Waals surface area contributed by atoms with Crippen molar-refractivity contribution in [3.63, 3.8) is 0 Å². The van der Waals surface area contributed by atoms with Gasteiger partial charge in [-0.25, -0.2) is 9.67 Å². The minimum absolute atomic E-state index is 0.0329. The smallest absolute Gasteiger partial charge is 0.265 e. The predicted molar refractivity (Wildman–Crippen MR) is 150 cm³/mol. The highest BCUT2D eigenvalue weighted by Crippen LogP contribution is 2.32. The van der Waals surface area contributed by atoms with Gasteiger partial charge in [-0.3, -0.25) is 19.2 Å². The summed E-state index contributed by atoms with van der Waals surface area (Å²) in [5, 5.41) is 23.8. The number of piperidine rings is 1. The van der Waals surface area contributed by atoms with Crippen molar-refractivity contribution >= 4 is 35.0 Å². The van der Waals surface area contributed by atoms with Gasteiger partial charge in [-0.2, -0.15) is 0 Å². The number of aryl methyl sites for hydroxylation is 1. The molecule has 3 atom stereocenters. The Bertz CT molecular complexity index is 1290. The van der Waals surface area contributed by atoms with Gasteiger partial charge < -0.3 is 30.3 Å². The summed E-state index contributed by atoms with van der Waals surface area (Å²) >= 11 is 1.34. The Labute approximate surface area is 247 Å². The summed E-state index contributed by atoms with van der Waals surface area (Å²) in [4.78, 5) is 62.1. The number of aliphatic hydroxyl groups is 1. The second-order valence-corrected chi connectivity index (χ2v) is 12.1. The molecule has 3 aliphatic rings. The number of amides is 4. The van der Waals surface area contributed by atoms with Crippen LogP contribution in [-0.2, 0) is 38.5 Å². The number of hydrogen-bond donors (Lipinski definition) is 3. The number of nitrogens with one attached hydrogen (secondary N) is 2. The summed E-state index contributed by atoms with van der Waals surface area (Å²) in [6.07, 6.45) is 3.18. The fourth-order valence-electron chi connectivity index (χ4n) is 5.80. The lowest BCUT2D eigenvalue weighted by molar-refractivity contribution is -0.137. The summed E-state index contributed by atoms with van der Waals surface area (Å²) in [6.45, 7) is 5.24. The van der Waals surface area contributed by atoms with E-state index in [1.165, 1.54) is 16.0 Å².